The number of nitrogens with one attached hydrogen (secondary N) is 1. The first-order chi connectivity index (χ1) is 8.97. The van der Waals surface area contributed by atoms with Crippen LogP contribution in [0.5, 0.6) is 0 Å². The molecule has 1 unspecified atom stereocenters. The molecule has 0 amide bonds. The van der Waals surface area contributed by atoms with Gasteiger partial charge in [-0.3, -0.25) is 0 Å². The highest BCUT2D eigenvalue weighted by molar-refractivity contribution is 7.89. The second-order valence-electron chi connectivity index (χ2n) is 4.47. The normalized spacial score (nSPS) is 13.9. The van der Waals surface area contributed by atoms with Crippen LogP contribution in [0.1, 0.15) is 39.9 Å². The third-order valence-corrected chi connectivity index (χ3v) is 5.11. The molecule has 0 saturated carbocycles. The summed E-state index contributed by atoms with van der Waals surface area (Å²) in [5.41, 5.74) is 0. The average Bonchev–Trinajstić information content (AvgIpc) is 2.86. The third kappa shape index (κ3) is 3.81. The molecule has 0 aliphatic rings. The highest BCUT2D eigenvalue weighted by atomic mass is 32.2. The largest absolute Gasteiger partial charge is 0.447 e. The summed E-state index contributed by atoms with van der Waals surface area (Å²) >= 11 is 0. The van der Waals surface area contributed by atoms with Crippen LogP contribution in [0.15, 0.2) is 21.6 Å². The summed E-state index contributed by atoms with van der Waals surface area (Å²) in [6.07, 6.45) is 0.776. The second-order valence-corrected chi connectivity index (χ2v) is 6.29. The maximum Gasteiger partial charge on any atom is 0.276 e. The van der Waals surface area contributed by atoms with Gasteiger partial charge >= 0.3 is 0 Å². The van der Waals surface area contributed by atoms with Gasteiger partial charge in [-0.1, -0.05) is 20.8 Å². The van der Waals surface area contributed by atoms with Crippen LogP contribution >= 0.6 is 0 Å². The summed E-state index contributed by atoms with van der Waals surface area (Å²) < 4.78 is 31.8. The van der Waals surface area contributed by atoms with Crippen LogP contribution in [0.25, 0.3) is 0 Å². The van der Waals surface area contributed by atoms with E-state index in [9.17, 15) is 8.42 Å². The minimum absolute atomic E-state index is 0.0301. The summed E-state index contributed by atoms with van der Waals surface area (Å²) in [5.74, 6) is 0.639. The lowest BCUT2D eigenvalue weighted by molar-refractivity contribution is 0.322. The number of sulfonamides is 1. The predicted molar refractivity (Wildman–Crippen MR) is 75.4 cm³/mol. The first-order valence-corrected chi connectivity index (χ1v) is 8.22. The molecule has 0 saturated heterocycles. The molecule has 1 aromatic heterocycles. The van der Waals surface area contributed by atoms with Gasteiger partial charge in [-0.25, -0.2) is 8.42 Å². The van der Waals surface area contributed by atoms with E-state index in [1.165, 1.54) is 10.4 Å². The van der Waals surface area contributed by atoms with Crippen molar-refractivity contribution in [3.63, 3.8) is 0 Å². The summed E-state index contributed by atoms with van der Waals surface area (Å²) in [5, 5.41) is 3.13. The third-order valence-electron chi connectivity index (χ3n) is 3.14. The van der Waals surface area contributed by atoms with Crippen LogP contribution in [0.3, 0.4) is 0 Å². The molecule has 0 bridgehead atoms. The van der Waals surface area contributed by atoms with Crippen molar-refractivity contribution in [2.75, 3.05) is 13.1 Å². The van der Waals surface area contributed by atoms with E-state index in [-0.39, 0.29) is 11.1 Å². The highest BCUT2D eigenvalue weighted by Crippen LogP contribution is 2.21. The van der Waals surface area contributed by atoms with Crippen molar-refractivity contribution < 1.29 is 12.8 Å². The summed E-state index contributed by atoms with van der Waals surface area (Å²) in [7, 11) is -3.53. The van der Waals surface area contributed by atoms with Gasteiger partial charge in [-0.15, -0.1) is 0 Å². The number of furan rings is 1. The fourth-order valence-corrected chi connectivity index (χ4v) is 3.52. The molecule has 0 spiro atoms. The average molecular weight is 288 g/mol. The first-order valence-electron chi connectivity index (χ1n) is 6.78. The van der Waals surface area contributed by atoms with E-state index in [1.807, 2.05) is 27.7 Å². The Bertz CT molecular complexity index is 482. The van der Waals surface area contributed by atoms with Crippen LogP contribution < -0.4 is 5.32 Å². The monoisotopic (exact) mass is 288 g/mol. The minimum Gasteiger partial charge on any atom is -0.447 e. The Hall–Kier alpha value is -0.850. The summed E-state index contributed by atoms with van der Waals surface area (Å²) in [6.45, 7) is 9.51. The Kier molecular flexibility index (Phi) is 6.03. The van der Waals surface area contributed by atoms with Crippen molar-refractivity contribution in [2.24, 2.45) is 0 Å². The zero-order valence-electron chi connectivity index (χ0n) is 12.1. The molecule has 0 aliphatic carbocycles. The van der Waals surface area contributed by atoms with Crippen LogP contribution in [0.4, 0.5) is 0 Å². The Morgan fingerprint density at radius 2 is 2.00 bits per heavy atom. The number of hydrogen-bond donors (Lipinski definition) is 1. The molecule has 1 N–H and O–H groups in total. The molecule has 5 nitrogen and oxygen atoms in total. The van der Waals surface area contributed by atoms with Gasteiger partial charge in [-0.2, -0.15) is 4.31 Å². The molecular formula is C13H24N2O3S. The van der Waals surface area contributed by atoms with Gasteiger partial charge in [-0.05, 0) is 32.0 Å². The topological polar surface area (TPSA) is 62.6 Å². The standard InChI is InChI=1S/C13H24N2O3S/c1-5-11(4)15(7-3)19(16,17)13-9-8-12(18-13)10-14-6-2/h8-9,11,14H,5-7,10H2,1-4H3. The van der Waals surface area contributed by atoms with Crippen LogP contribution in [-0.2, 0) is 16.6 Å². The molecule has 110 valence electrons. The predicted octanol–water partition coefficient (Wildman–Crippen LogP) is 2.20. The minimum atomic E-state index is -3.53. The van der Waals surface area contributed by atoms with E-state index in [2.05, 4.69) is 5.32 Å². The summed E-state index contributed by atoms with van der Waals surface area (Å²) in [6, 6.07) is 3.21. The Labute approximate surface area is 116 Å². The molecule has 0 aromatic carbocycles. The Morgan fingerprint density at radius 3 is 2.53 bits per heavy atom. The van der Waals surface area contributed by atoms with Crippen molar-refractivity contribution in [3.05, 3.63) is 17.9 Å². The van der Waals surface area contributed by atoms with Crippen molar-refractivity contribution >= 4 is 10.0 Å². The second kappa shape index (κ2) is 7.07. The molecule has 0 radical (unpaired) electrons. The van der Waals surface area contributed by atoms with Gasteiger partial charge in [0.1, 0.15) is 5.76 Å². The van der Waals surface area contributed by atoms with Gasteiger partial charge in [0.15, 0.2) is 0 Å². The van der Waals surface area contributed by atoms with Crippen molar-refractivity contribution in [1.82, 2.24) is 9.62 Å². The van der Waals surface area contributed by atoms with Gasteiger partial charge in [0.25, 0.3) is 10.0 Å². The van der Waals surface area contributed by atoms with Crippen LogP contribution in [0.2, 0.25) is 0 Å². The summed E-state index contributed by atoms with van der Waals surface area (Å²) in [4.78, 5) is 0. The molecule has 1 aromatic rings. The lowest BCUT2D eigenvalue weighted by atomic mass is 10.3. The quantitative estimate of drug-likeness (QED) is 0.796. The SMILES string of the molecule is CCNCc1ccc(S(=O)(=O)N(CC)C(C)CC)o1. The molecule has 1 heterocycles. The zero-order chi connectivity index (χ0) is 14.5. The van der Waals surface area contributed by atoms with Crippen molar-refractivity contribution in [1.29, 1.82) is 0 Å². The van der Waals surface area contributed by atoms with Crippen molar-refractivity contribution in [3.8, 4) is 0 Å². The molecule has 6 heteroatoms. The first kappa shape index (κ1) is 16.2. The zero-order valence-corrected chi connectivity index (χ0v) is 13.0. The van der Waals surface area contributed by atoms with Gasteiger partial charge in [0.05, 0.1) is 6.54 Å². The van der Waals surface area contributed by atoms with Crippen molar-refractivity contribution in [2.45, 2.75) is 51.8 Å². The molecule has 1 atom stereocenters. The molecule has 0 fully saturated rings. The number of nitrogens with zero attached hydrogens (tertiary/aromatic N) is 1. The smallest absolute Gasteiger partial charge is 0.276 e. The van der Waals surface area contributed by atoms with E-state index in [0.29, 0.717) is 18.8 Å². The van der Waals surface area contributed by atoms with E-state index >= 15 is 0 Å². The fraction of sp³-hybridized carbons (Fsp3) is 0.692. The molecular weight excluding hydrogens is 264 g/mol. The Morgan fingerprint density at radius 1 is 1.32 bits per heavy atom. The van der Waals surface area contributed by atoms with Crippen LogP contribution in [-0.4, -0.2) is 31.9 Å². The van der Waals surface area contributed by atoms with Gasteiger partial charge < -0.3 is 9.73 Å². The highest BCUT2D eigenvalue weighted by Gasteiger charge is 2.29. The maximum absolute atomic E-state index is 12.5. The van der Waals surface area contributed by atoms with E-state index in [4.69, 9.17) is 4.42 Å². The van der Waals surface area contributed by atoms with E-state index in [0.717, 1.165) is 13.0 Å². The molecule has 1 rings (SSSR count). The van der Waals surface area contributed by atoms with Gasteiger partial charge in [0.2, 0.25) is 5.09 Å². The lowest BCUT2D eigenvalue weighted by Crippen LogP contribution is -2.37. The number of hydrogen-bond acceptors (Lipinski definition) is 4. The van der Waals surface area contributed by atoms with E-state index < -0.39 is 10.0 Å². The number of rotatable bonds is 8. The van der Waals surface area contributed by atoms with Crippen LogP contribution in [0, 0.1) is 0 Å². The van der Waals surface area contributed by atoms with E-state index in [1.54, 1.807) is 6.07 Å². The van der Waals surface area contributed by atoms with Gasteiger partial charge in [0, 0.05) is 12.6 Å². The Balaban J connectivity index is 2.95. The maximum atomic E-state index is 12.5. The fourth-order valence-electron chi connectivity index (χ4n) is 1.88. The lowest BCUT2D eigenvalue weighted by Gasteiger charge is -2.24. The molecule has 0 aliphatic heterocycles. The molecule has 19 heavy (non-hydrogen) atoms.